The van der Waals surface area contributed by atoms with Gasteiger partial charge in [0.25, 0.3) is 0 Å². The van der Waals surface area contributed by atoms with Crippen LogP contribution in [-0.2, 0) is 0 Å². The number of hydrogen-bond donors (Lipinski definition) is 0. The van der Waals surface area contributed by atoms with Crippen LogP contribution >= 0.6 is 0 Å². The Morgan fingerprint density at radius 3 is 2.40 bits per heavy atom. The molecule has 3 rings (SSSR count). The van der Waals surface area contributed by atoms with Crippen molar-refractivity contribution in [3.63, 3.8) is 0 Å². The Hall–Kier alpha value is -2.22. The highest BCUT2D eigenvalue weighted by molar-refractivity contribution is 6.10. The van der Waals surface area contributed by atoms with Crippen LogP contribution in [0, 0.1) is 0 Å². The lowest BCUT2D eigenvalue weighted by atomic mass is 10.1. The first-order valence-corrected chi connectivity index (χ1v) is 7.20. The number of nitrogens with zero attached hydrogens (tertiary/aromatic N) is 2. The summed E-state index contributed by atoms with van der Waals surface area (Å²) in [5.74, 6) is 0. The monoisotopic (exact) mass is 264 g/mol. The molecule has 1 aromatic heterocycles. The fraction of sp³-hybridized carbons (Fsp3) is 0.222. The van der Waals surface area contributed by atoms with Gasteiger partial charge in [0.1, 0.15) is 0 Å². The molecule has 2 aromatic carbocycles. The average Bonchev–Trinajstić information content (AvgIpc) is 2.82. The molecule has 1 heterocycles. The third-order valence-corrected chi connectivity index (χ3v) is 4.00. The number of hydrogen-bond acceptors (Lipinski definition) is 1. The van der Waals surface area contributed by atoms with E-state index in [9.17, 15) is 0 Å². The van der Waals surface area contributed by atoms with Crippen molar-refractivity contribution in [1.82, 2.24) is 4.57 Å². The molecule has 0 unspecified atom stereocenters. The summed E-state index contributed by atoms with van der Waals surface area (Å²) in [6.07, 6.45) is 1.89. The maximum Gasteiger partial charge on any atom is 0.0536 e. The molecule has 0 atom stereocenters. The van der Waals surface area contributed by atoms with Gasteiger partial charge in [-0.3, -0.25) is 0 Å². The van der Waals surface area contributed by atoms with Crippen molar-refractivity contribution in [3.05, 3.63) is 49.0 Å². The van der Waals surface area contributed by atoms with Gasteiger partial charge in [0.15, 0.2) is 0 Å². The van der Waals surface area contributed by atoms with Crippen molar-refractivity contribution >= 4 is 33.7 Å². The summed E-state index contributed by atoms with van der Waals surface area (Å²) < 4.78 is 2.16. The number of para-hydroxylation sites is 1. The molecule has 2 nitrogen and oxygen atoms in total. The minimum absolute atomic E-state index is 1.03. The molecule has 0 bridgehead atoms. The molecular weight excluding hydrogens is 244 g/mol. The molecule has 0 amide bonds. The number of benzene rings is 2. The first-order chi connectivity index (χ1) is 9.80. The van der Waals surface area contributed by atoms with Gasteiger partial charge in [-0.1, -0.05) is 24.8 Å². The Labute approximate surface area is 119 Å². The standard InChI is InChI=1S/C18H20N2/c1-4-19(5-2)14-11-12-18-16(13-14)15-9-7-8-10-17(15)20(18)6-3/h6-13H,3-5H2,1-2H3. The molecule has 0 aliphatic heterocycles. The highest BCUT2D eigenvalue weighted by Gasteiger charge is 2.10. The fourth-order valence-electron chi connectivity index (χ4n) is 2.97. The molecule has 0 radical (unpaired) electrons. The number of aromatic nitrogens is 1. The predicted octanol–water partition coefficient (Wildman–Crippen LogP) is 4.74. The smallest absolute Gasteiger partial charge is 0.0536 e. The molecule has 0 saturated carbocycles. The summed E-state index contributed by atoms with van der Waals surface area (Å²) in [5.41, 5.74) is 3.72. The summed E-state index contributed by atoms with van der Waals surface area (Å²) in [6, 6.07) is 15.2. The van der Waals surface area contributed by atoms with E-state index >= 15 is 0 Å². The second-order valence-electron chi connectivity index (χ2n) is 4.94. The van der Waals surface area contributed by atoms with Crippen LogP contribution in [-0.4, -0.2) is 17.7 Å². The minimum Gasteiger partial charge on any atom is -0.372 e. The average molecular weight is 264 g/mol. The van der Waals surface area contributed by atoms with Crippen LogP contribution in [0.4, 0.5) is 5.69 Å². The predicted molar refractivity (Wildman–Crippen MR) is 89.4 cm³/mol. The minimum atomic E-state index is 1.03. The number of fused-ring (bicyclic) bond motifs is 3. The topological polar surface area (TPSA) is 8.17 Å². The quantitative estimate of drug-likeness (QED) is 0.660. The third-order valence-electron chi connectivity index (χ3n) is 4.00. The maximum atomic E-state index is 3.95. The lowest BCUT2D eigenvalue weighted by Gasteiger charge is -2.21. The Morgan fingerprint density at radius 1 is 1.00 bits per heavy atom. The summed E-state index contributed by atoms with van der Waals surface area (Å²) >= 11 is 0. The van der Waals surface area contributed by atoms with Crippen LogP contribution in [0.2, 0.25) is 0 Å². The van der Waals surface area contributed by atoms with Crippen LogP contribution in [0.3, 0.4) is 0 Å². The van der Waals surface area contributed by atoms with E-state index in [0.717, 1.165) is 13.1 Å². The van der Waals surface area contributed by atoms with Crippen LogP contribution in [0.5, 0.6) is 0 Å². The van der Waals surface area contributed by atoms with Crippen LogP contribution < -0.4 is 4.90 Å². The van der Waals surface area contributed by atoms with E-state index < -0.39 is 0 Å². The number of anilines is 1. The van der Waals surface area contributed by atoms with E-state index in [2.05, 4.69) is 72.4 Å². The summed E-state index contributed by atoms with van der Waals surface area (Å²) in [7, 11) is 0. The fourth-order valence-corrected chi connectivity index (χ4v) is 2.97. The van der Waals surface area contributed by atoms with Crippen molar-refractivity contribution in [2.75, 3.05) is 18.0 Å². The maximum absolute atomic E-state index is 3.95. The zero-order chi connectivity index (χ0) is 14.1. The molecular formula is C18H20N2. The van der Waals surface area contributed by atoms with Crippen molar-refractivity contribution < 1.29 is 0 Å². The zero-order valence-corrected chi connectivity index (χ0v) is 12.1. The molecule has 0 saturated heterocycles. The van der Waals surface area contributed by atoms with Gasteiger partial charge in [0, 0.05) is 35.7 Å². The van der Waals surface area contributed by atoms with Crippen LogP contribution in [0.1, 0.15) is 13.8 Å². The van der Waals surface area contributed by atoms with Gasteiger partial charge in [0.05, 0.1) is 11.0 Å². The first kappa shape index (κ1) is 12.8. The summed E-state index contributed by atoms with van der Waals surface area (Å²) in [5, 5.41) is 2.58. The van der Waals surface area contributed by atoms with E-state index in [1.54, 1.807) is 0 Å². The molecule has 0 aliphatic rings. The van der Waals surface area contributed by atoms with Crippen LogP contribution in [0.15, 0.2) is 49.0 Å². The highest BCUT2D eigenvalue weighted by Crippen LogP contribution is 2.32. The zero-order valence-electron chi connectivity index (χ0n) is 12.1. The van der Waals surface area contributed by atoms with Gasteiger partial charge in [-0.15, -0.1) is 0 Å². The van der Waals surface area contributed by atoms with E-state index in [1.165, 1.54) is 27.5 Å². The lowest BCUT2D eigenvalue weighted by Crippen LogP contribution is -2.21. The third kappa shape index (κ3) is 1.80. The molecule has 102 valence electrons. The van der Waals surface area contributed by atoms with Crippen molar-refractivity contribution in [2.45, 2.75) is 13.8 Å². The normalized spacial score (nSPS) is 11.1. The highest BCUT2D eigenvalue weighted by atomic mass is 15.1. The largest absolute Gasteiger partial charge is 0.372 e. The van der Waals surface area contributed by atoms with E-state index in [1.807, 2.05) is 6.20 Å². The van der Waals surface area contributed by atoms with Crippen molar-refractivity contribution in [1.29, 1.82) is 0 Å². The molecule has 20 heavy (non-hydrogen) atoms. The molecule has 3 aromatic rings. The van der Waals surface area contributed by atoms with E-state index in [0.29, 0.717) is 0 Å². The van der Waals surface area contributed by atoms with Crippen molar-refractivity contribution in [3.8, 4) is 0 Å². The van der Waals surface area contributed by atoms with Gasteiger partial charge in [-0.25, -0.2) is 0 Å². The van der Waals surface area contributed by atoms with Gasteiger partial charge in [0.2, 0.25) is 0 Å². The van der Waals surface area contributed by atoms with Gasteiger partial charge in [-0.2, -0.15) is 0 Å². The molecule has 0 fully saturated rings. The molecule has 2 heteroatoms. The molecule has 0 spiro atoms. The Kier molecular flexibility index (Phi) is 3.23. The Balaban J connectivity index is 2.34. The second kappa shape index (κ2) is 5.04. The lowest BCUT2D eigenvalue weighted by molar-refractivity contribution is 0.867. The first-order valence-electron chi connectivity index (χ1n) is 7.20. The molecule has 0 aliphatic carbocycles. The SMILES string of the molecule is C=Cn1c2ccccc2c2cc(N(CC)CC)ccc21. The van der Waals surface area contributed by atoms with E-state index in [4.69, 9.17) is 0 Å². The van der Waals surface area contributed by atoms with Gasteiger partial charge >= 0.3 is 0 Å². The number of rotatable bonds is 4. The van der Waals surface area contributed by atoms with Gasteiger partial charge < -0.3 is 9.47 Å². The summed E-state index contributed by atoms with van der Waals surface area (Å²) in [6.45, 7) is 10.4. The van der Waals surface area contributed by atoms with Crippen LogP contribution in [0.25, 0.3) is 28.0 Å². The van der Waals surface area contributed by atoms with Gasteiger partial charge in [-0.05, 0) is 38.1 Å². The summed E-state index contributed by atoms with van der Waals surface area (Å²) in [4.78, 5) is 2.37. The van der Waals surface area contributed by atoms with E-state index in [-0.39, 0.29) is 0 Å². The Bertz CT molecular complexity index is 764. The Morgan fingerprint density at radius 2 is 1.70 bits per heavy atom. The van der Waals surface area contributed by atoms with Crippen molar-refractivity contribution in [2.24, 2.45) is 0 Å². The second-order valence-corrected chi connectivity index (χ2v) is 4.94. The molecule has 0 N–H and O–H groups in total.